The maximum Gasteiger partial charge on any atom is 0.239 e. The first-order chi connectivity index (χ1) is 11.6. The van der Waals surface area contributed by atoms with Crippen LogP contribution in [0.3, 0.4) is 0 Å². The van der Waals surface area contributed by atoms with E-state index in [-0.39, 0.29) is 11.8 Å². The number of carbonyl (C=O) groups is 2. The van der Waals surface area contributed by atoms with Crippen LogP contribution in [0.1, 0.15) is 26.7 Å². The number of nitrogens with zero attached hydrogens (tertiary/aromatic N) is 2. The molecular formula is C18H26ClN3O2. The zero-order valence-corrected chi connectivity index (χ0v) is 15.2. The Bertz CT molecular complexity index is 558. The summed E-state index contributed by atoms with van der Waals surface area (Å²) in [5, 5.41) is 3.54. The van der Waals surface area contributed by atoms with E-state index >= 15 is 0 Å². The summed E-state index contributed by atoms with van der Waals surface area (Å²) in [5.41, 5.74) is 0.793. The minimum atomic E-state index is -0.575. The Labute approximate surface area is 149 Å². The fourth-order valence-electron chi connectivity index (χ4n) is 2.98. The molecule has 0 saturated carbocycles. The van der Waals surface area contributed by atoms with Crippen molar-refractivity contribution in [3.05, 3.63) is 29.3 Å². The molecule has 1 saturated heterocycles. The van der Waals surface area contributed by atoms with Crippen LogP contribution in [0.4, 0.5) is 5.69 Å². The lowest BCUT2D eigenvalue weighted by atomic mass is 10.1. The van der Waals surface area contributed by atoms with Crippen LogP contribution in [-0.4, -0.2) is 49.4 Å². The van der Waals surface area contributed by atoms with Crippen LogP contribution in [0.5, 0.6) is 0 Å². The van der Waals surface area contributed by atoms with E-state index in [0.717, 1.165) is 31.7 Å². The van der Waals surface area contributed by atoms with E-state index < -0.39 is 5.92 Å². The van der Waals surface area contributed by atoms with Crippen LogP contribution in [0.15, 0.2) is 24.3 Å². The van der Waals surface area contributed by atoms with Crippen molar-refractivity contribution in [2.45, 2.75) is 26.7 Å². The first kappa shape index (κ1) is 18.7. The Morgan fingerprint density at radius 3 is 2.58 bits per heavy atom. The topological polar surface area (TPSA) is 52.7 Å². The van der Waals surface area contributed by atoms with Crippen molar-refractivity contribution >= 4 is 29.1 Å². The predicted octanol–water partition coefficient (Wildman–Crippen LogP) is 2.54. The average Bonchev–Trinajstić information content (AvgIpc) is 2.97. The molecule has 5 nitrogen and oxygen atoms in total. The van der Waals surface area contributed by atoms with Gasteiger partial charge in [-0.3, -0.25) is 9.59 Å². The van der Waals surface area contributed by atoms with E-state index in [0.29, 0.717) is 24.5 Å². The van der Waals surface area contributed by atoms with Gasteiger partial charge in [0.2, 0.25) is 11.8 Å². The van der Waals surface area contributed by atoms with Crippen LogP contribution in [0.25, 0.3) is 0 Å². The number of hydrogen-bond acceptors (Lipinski definition) is 3. The summed E-state index contributed by atoms with van der Waals surface area (Å²) in [6.07, 6.45) is 1.46. The predicted molar refractivity (Wildman–Crippen MR) is 97.3 cm³/mol. The summed E-state index contributed by atoms with van der Waals surface area (Å²) < 4.78 is 0. The molecule has 1 fully saturated rings. The van der Waals surface area contributed by atoms with Gasteiger partial charge in [-0.1, -0.05) is 25.4 Å². The van der Waals surface area contributed by atoms with Crippen molar-refractivity contribution in [3.63, 3.8) is 0 Å². The molecular weight excluding hydrogens is 326 g/mol. The van der Waals surface area contributed by atoms with Crippen molar-refractivity contribution in [1.29, 1.82) is 0 Å². The van der Waals surface area contributed by atoms with Crippen molar-refractivity contribution in [2.24, 2.45) is 5.92 Å². The second-order valence-corrected chi connectivity index (χ2v) is 6.42. The third kappa shape index (κ3) is 4.71. The Morgan fingerprint density at radius 1 is 1.29 bits per heavy atom. The standard InChI is InChI=1S/C18H26ClN3O2/c1-3-21(4-2)12-5-11-20-17(23)16-10-13-22(18(16)24)15-8-6-14(19)7-9-15/h6-9,16H,3-5,10-13H2,1-2H3,(H,20,23). The molecule has 0 aromatic heterocycles. The van der Waals surface area contributed by atoms with Crippen LogP contribution in [-0.2, 0) is 9.59 Å². The zero-order valence-electron chi connectivity index (χ0n) is 14.4. The maximum absolute atomic E-state index is 12.5. The van der Waals surface area contributed by atoms with E-state index in [2.05, 4.69) is 24.1 Å². The number of halogens is 1. The Morgan fingerprint density at radius 2 is 1.96 bits per heavy atom. The molecule has 0 aliphatic carbocycles. The molecule has 1 unspecified atom stereocenters. The second-order valence-electron chi connectivity index (χ2n) is 5.98. The Hall–Kier alpha value is -1.59. The van der Waals surface area contributed by atoms with E-state index in [9.17, 15) is 9.59 Å². The Balaban J connectivity index is 1.81. The number of amides is 2. The van der Waals surface area contributed by atoms with Gasteiger partial charge >= 0.3 is 0 Å². The van der Waals surface area contributed by atoms with Crippen LogP contribution in [0, 0.1) is 5.92 Å². The summed E-state index contributed by atoms with van der Waals surface area (Å²) in [4.78, 5) is 28.7. The van der Waals surface area contributed by atoms with Gasteiger partial charge in [-0.2, -0.15) is 0 Å². The lowest BCUT2D eigenvalue weighted by Gasteiger charge is -2.18. The third-order valence-electron chi connectivity index (χ3n) is 4.51. The van der Waals surface area contributed by atoms with Gasteiger partial charge in [0.15, 0.2) is 0 Å². The van der Waals surface area contributed by atoms with E-state index in [4.69, 9.17) is 11.6 Å². The minimum Gasteiger partial charge on any atom is -0.355 e. The normalized spacial score (nSPS) is 17.6. The molecule has 0 radical (unpaired) electrons. The van der Waals surface area contributed by atoms with Crippen LogP contribution in [0.2, 0.25) is 5.02 Å². The average molecular weight is 352 g/mol. The smallest absolute Gasteiger partial charge is 0.239 e. The minimum absolute atomic E-state index is 0.126. The fourth-order valence-corrected chi connectivity index (χ4v) is 3.10. The lowest BCUT2D eigenvalue weighted by Crippen LogP contribution is -2.38. The molecule has 1 aromatic rings. The molecule has 6 heteroatoms. The fraction of sp³-hybridized carbons (Fsp3) is 0.556. The monoisotopic (exact) mass is 351 g/mol. The highest BCUT2D eigenvalue weighted by Gasteiger charge is 2.37. The van der Waals surface area contributed by atoms with Crippen molar-refractivity contribution < 1.29 is 9.59 Å². The van der Waals surface area contributed by atoms with Gasteiger partial charge in [0.05, 0.1) is 0 Å². The highest BCUT2D eigenvalue weighted by Crippen LogP contribution is 2.26. The van der Waals surface area contributed by atoms with Gasteiger partial charge in [-0.05, 0) is 56.7 Å². The summed E-state index contributed by atoms with van der Waals surface area (Å²) in [7, 11) is 0. The number of rotatable bonds is 8. The van der Waals surface area contributed by atoms with Gasteiger partial charge in [0, 0.05) is 23.8 Å². The second kappa shape index (κ2) is 9.04. The van der Waals surface area contributed by atoms with Crippen molar-refractivity contribution in [1.82, 2.24) is 10.2 Å². The first-order valence-electron chi connectivity index (χ1n) is 8.63. The summed E-state index contributed by atoms with van der Waals surface area (Å²) in [6, 6.07) is 7.13. The number of benzene rings is 1. The number of nitrogens with one attached hydrogen (secondary N) is 1. The van der Waals surface area contributed by atoms with Gasteiger partial charge in [-0.15, -0.1) is 0 Å². The van der Waals surface area contributed by atoms with E-state index in [1.165, 1.54) is 0 Å². The molecule has 1 atom stereocenters. The molecule has 1 aliphatic rings. The molecule has 2 amide bonds. The molecule has 0 spiro atoms. The highest BCUT2D eigenvalue weighted by molar-refractivity contribution is 6.30. The quantitative estimate of drug-likeness (QED) is 0.578. The molecule has 0 bridgehead atoms. The third-order valence-corrected chi connectivity index (χ3v) is 4.76. The number of anilines is 1. The molecule has 24 heavy (non-hydrogen) atoms. The van der Waals surface area contributed by atoms with Gasteiger partial charge in [-0.25, -0.2) is 0 Å². The highest BCUT2D eigenvalue weighted by atomic mass is 35.5. The van der Waals surface area contributed by atoms with E-state index in [1.807, 2.05) is 12.1 Å². The first-order valence-corrected chi connectivity index (χ1v) is 9.01. The molecule has 1 aliphatic heterocycles. The number of hydrogen-bond donors (Lipinski definition) is 1. The molecule has 1 aromatic carbocycles. The number of carbonyl (C=O) groups excluding carboxylic acids is 2. The molecule has 2 rings (SSSR count). The summed E-state index contributed by atoms with van der Waals surface area (Å²) >= 11 is 5.88. The maximum atomic E-state index is 12.5. The molecule has 1 N–H and O–H groups in total. The van der Waals surface area contributed by atoms with Crippen molar-refractivity contribution in [2.75, 3.05) is 37.6 Å². The van der Waals surface area contributed by atoms with Gasteiger partial charge in [0.1, 0.15) is 5.92 Å². The summed E-state index contributed by atoms with van der Waals surface area (Å²) in [6.45, 7) is 8.43. The Kier molecular flexibility index (Phi) is 7.06. The molecule has 132 valence electrons. The SMILES string of the molecule is CCN(CC)CCCNC(=O)C1CCN(c2ccc(Cl)cc2)C1=O. The van der Waals surface area contributed by atoms with Crippen LogP contribution < -0.4 is 10.2 Å². The lowest BCUT2D eigenvalue weighted by molar-refractivity contribution is -0.132. The van der Waals surface area contributed by atoms with Gasteiger partial charge < -0.3 is 15.1 Å². The van der Waals surface area contributed by atoms with Gasteiger partial charge in [0.25, 0.3) is 0 Å². The van der Waals surface area contributed by atoms with Crippen LogP contribution >= 0.6 is 11.6 Å². The van der Waals surface area contributed by atoms with Crippen molar-refractivity contribution in [3.8, 4) is 0 Å². The molecule has 1 heterocycles. The van der Waals surface area contributed by atoms with E-state index in [1.54, 1.807) is 17.0 Å². The summed E-state index contributed by atoms with van der Waals surface area (Å²) in [5.74, 6) is -0.858. The largest absolute Gasteiger partial charge is 0.355 e. The zero-order chi connectivity index (χ0) is 17.5.